The van der Waals surface area contributed by atoms with Gasteiger partial charge in [0.25, 0.3) is 5.56 Å². The Morgan fingerprint density at radius 2 is 2.19 bits per heavy atom. The molecule has 0 aliphatic carbocycles. The van der Waals surface area contributed by atoms with Crippen LogP contribution in [0.3, 0.4) is 0 Å². The van der Waals surface area contributed by atoms with E-state index in [1.54, 1.807) is 22.6 Å². The molecular weight excluding hydrogens is 244 g/mol. The molecule has 16 heavy (non-hydrogen) atoms. The number of hydrogen-bond acceptors (Lipinski definition) is 3. The van der Waals surface area contributed by atoms with Gasteiger partial charge in [-0.3, -0.25) is 9.20 Å². The summed E-state index contributed by atoms with van der Waals surface area (Å²) in [6.07, 6.45) is 0. The van der Waals surface area contributed by atoms with Gasteiger partial charge in [0.15, 0.2) is 4.96 Å². The molecule has 1 aromatic carbocycles. The number of rotatable bonds is 0. The first-order valence-electron chi connectivity index (χ1n) is 4.73. The standard InChI is InChI=1S/C11H7ClN2OS/c1-6-4-10(15)14-9-3-2-7(12)5-8(9)13-11(14)16-6/h2-5H,1H3. The quantitative estimate of drug-likeness (QED) is 0.615. The molecule has 3 rings (SSSR count). The molecule has 0 N–H and O–H groups in total. The van der Waals surface area contributed by atoms with Crippen LogP contribution in [0.1, 0.15) is 4.88 Å². The molecule has 0 spiro atoms. The monoisotopic (exact) mass is 250 g/mol. The zero-order valence-corrected chi connectivity index (χ0v) is 9.97. The Kier molecular flexibility index (Phi) is 2.02. The third-order valence-corrected chi connectivity index (χ3v) is 3.52. The van der Waals surface area contributed by atoms with Crippen LogP contribution in [0.15, 0.2) is 29.1 Å². The predicted molar refractivity (Wildman–Crippen MR) is 66.6 cm³/mol. The molecule has 80 valence electrons. The lowest BCUT2D eigenvalue weighted by Gasteiger charge is -1.94. The van der Waals surface area contributed by atoms with Crippen LogP contribution in [0, 0.1) is 6.92 Å². The van der Waals surface area contributed by atoms with Crippen molar-refractivity contribution < 1.29 is 0 Å². The molecular formula is C11H7ClN2OS. The molecule has 0 aliphatic heterocycles. The van der Waals surface area contributed by atoms with Gasteiger partial charge in [-0.25, -0.2) is 4.98 Å². The van der Waals surface area contributed by atoms with Crippen molar-refractivity contribution in [3.8, 4) is 0 Å². The van der Waals surface area contributed by atoms with Crippen LogP contribution in [0.25, 0.3) is 16.0 Å². The third-order valence-electron chi connectivity index (χ3n) is 2.39. The Morgan fingerprint density at radius 3 is 3.00 bits per heavy atom. The molecule has 0 unspecified atom stereocenters. The summed E-state index contributed by atoms with van der Waals surface area (Å²) < 4.78 is 1.61. The Hall–Kier alpha value is -1.39. The first kappa shape index (κ1) is 9.81. The van der Waals surface area contributed by atoms with E-state index < -0.39 is 0 Å². The summed E-state index contributed by atoms with van der Waals surface area (Å²) in [6.45, 7) is 1.90. The number of benzene rings is 1. The molecule has 0 fully saturated rings. The van der Waals surface area contributed by atoms with Gasteiger partial charge in [0.2, 0.25) is 0 Å². The van der Waals surface area contributed by atoms with E-state index >= 15 is 0 Å². The Balaban J connectivity index is 2.61. The number of fused-ring (bicyclic) bond motifs is 3. The van der Waals surface area contributed by atoms with Crippen LogP contribution in [0.2, 0.25) is 5.02 Å². The third kappa shape index (κ3) is 1.34. The van der Waals surface area contributed by atoms with Gasteiger partial charge in [-0.2, -0.15) is 0 Å². The zero-order valence-electron chi connectivity index (χ0n) is 8.40. The van der Waals surface area contributed by atoms with Gasteiger partial charge in [-0.05, 0) is 25.1 Å². The van der Waals surface area contributed by atoms with E-state index in [1.807, 2.05) is 13.0 Å². The highest BCUT2D eigenvalue weighted by Crippen LogP contribution is 2.21. The van der Waals surface area contributed by atoms with E-state index in [1.165, 1.54) is 11.3 Å². The van der Waals surface area contributed by atoms with Crippen LogP contribution in [-0.4, -0.2) is 9.38 Å². The number of aromatic nitrogens is 2. The van der Waals surface area contributed by atoms with Crippen molar-refractivity contribution in [3.63, 3.8) is 0 Å². The maximum Gasteiger partial charge on any atom is 0.258 e. The summed E-state index contributed by atoms with van der Waals surface area (Å²) >= 11 is 7.39. The number of aryl methyl sites for hydroxylation is 1. The molecule has 2 aromatic heterocycles. The largest absolute Gasteiger partial charge is 0.269 e. The average Bonchev–Trinajstić information content (AvgIpc) is 2.54. The second-order valence-corrected chi connectivity index (χ2v) is 5.21. The lowest BCUT2D eigenvalue weighted by Crippen LogP contribution is -2.09. The van der Waals surface area contributed by atoms with Crippen molar-refractivity contribution in [1.29, 1.82) is 0 Å². The fourth-order valence-corrected chi connectivity index (χ4v) is 2.76. The highest BCUT2D eigenvalue weighted by atomic mass is 35.5. The van der Waals surface area contributed by atoms with E-state index in [9.17, 15) is 4.79 Å². The zero-order chi connectivity index (χ0) is 11.3. The lowest BCUT2D eigenvalue weighted by atomic mass is 10.3. The highest BCUT2D eigenvalue weighted by molar-refractivity contribution is 7.16. The number of nitrogens with zero attached hydrogens (tertiary/aromatic N) is 2. The molecule has 0 atom stereocenters. The molecule has 3 aromatic rings. The van der Waals surface area contributed by atoms with Crippen LogP contribution in [0.5, 0.6) is 0 Å². The molecule has 5 heteroatoms. The average molecular weight is 251 g/mol. The van der Waals surface area contributed by atoms with Crippen molar-refractivity contribution in [3.05, 3.63) is 44.5 Å². The summed E-state index contributed by atoms with van der Waals surface area (Å²) in [5, 5.41) is 0.630. The first-order valence-corrected chi connectivity index (χ1v) is 5.93. The second kappa shape index (κ2) is 3.30. The maximum absolute atomic E-state index is 11.9. The van der Waals surface area contributed by atoms with Gasteiger partial charge in [-0.1, -0.05) is 11.6 Å². The van der Waals surface area contributed by atoms with Crippen molar-refractivity contribution in [1.82, 2.24) is 9.38 Å². The molecule has 0 saturated carbocycles. The molecule has 3 nitrogen and oxygen atoms in total. The van der Waals surface area contributed by atoms with E-state index in [4.69, 9.17) is 11.6 Å². The summed E-state index contributed by atoms with van der Waals surface area (Å²) in [4.78, 5) is 17.9. The fourth-order valence-electron chi connectivity index (χ4n) is 1.72. The molecule has 0 radical (unpaired) electrons. The molecule has 0 saturated heterocycles. The Bertz CT molecular complexity index is 760. The van der Waals surface area contributed by atoms with Gasteiger partial charge in [-0.15, -0.1) is 11.3 Å². The van der Waals surface area contributed by atoms with Crippen molar-refractivity contribution in [2.24, 2.45) is 0 Å². The first-order chi connectivity index (χ1) is 7.65. The summed E-state index contributed by atoms with van der Waals surface area (Å²) in [6, 6.07) is 6.97. The van der Waals surface area contributed by atoms with Gasteiger partial charge in [0, 0.05) is 16.0 Å². The number of hydrogen-bond donors (Lipinski definition) is 0. The number of imidazole rings is 1. The van der Waals surface area contributed by atoms with Crippen LogP contribution >= 0.6 is 22.9 Å². The van der Waals surface area contributed by atoms with Crippen LogP contribution in [0.4, 0.5) is 0 Å². The maximum atomic E-state index is 11.9. The lowest BCUT2D eigenvalue weighted by molar-refractivity contribution is 1.17. The highest BCUT2D eigenvalue weighted by Gasteiger charge is 2.08. The van der Waals surface area contributed by atoms with Gasteiger partial charge in [0.1, 0.15) is 0 Å². The van der Waals surface area contributed by atoms with Crippen molar-refractivity contribution in [2.45, 2.75) is 6.92 Å². The topological polar surface area (TPSA) is 34.4 Å². The second-order valence-electron chi connectivity index (χ2n) is 3.56. The van der Waals surface area contributed by atoms with Crippen LogP contribution < -0.4 is 5.56 Å². The molecule has 0 amide bonds. The SMILES string of the molecule is Cc1cc(=O)n2c(nc3cc(Cl)ccc32)s1. The summed E-state index contributed by atoms with van der Waals surface area (Å²) in [5.41, 5.74) is 1.52. The predicted octanol–water partition coefficient (Wildman–Crippen LogP) is 2.87. The van der Waals surface area contributed by atoms with Crippen LogP contribution in [-0.2, 0) is 0 Å². The Labute approximate surface area is 99.9 Å². The van der Waals surface area contributed by atoms with Crippen molar-refractivity contribution in [2.75, 3.05) is 0 Å². The van der Waals surface area contributed by atoms with E-state index in [-0.39, 0.29) is 5.56 Å². The van der Waals surface area contributed by atoms with E-state index in [0.717, 1.165) is 15.9 Å². The number of halogens is 1. The molecule has 0 bridgehead atoms. The van der Waals surface area contributed by atoms with Gasteiger partial charge in [0.05, 0.1) is 11.0 Å². The smallest absolute Gasteiger partial charge is 0.258 e. The van der Waals surface area contributed by atoms with E-state index in [0.29, 0.717) is 9.98 Å². The van der Waals surface area contributed by atoms with E-state index in [2.05, 4.69) is 4.98 Å². The molecule has 0 aliphatic rings. The van der Waals surface area contributed by atoms with Gasteiger partial charge >= 0.3 is 0 Å². The minimum Gasteiger partial charge on any atom is -0.269 e. The fraction of sp³-hybridized carbons (Fsp3) is 0.0909. The summed E-state index contributed by atoms with van der Waals surface area (Å²) in [7, 11) is 0. The molecule has 2 heterocycles. The van der Waals surface area contributed by atoms with Crippen molar-refractivity contribution >= 4 is 38.9 Å². The Morgan fingerprint density at radius 1 is 1.38 bits per heavy atom. The normalized spacial score (nSPS) is 11.4. The minimum atomic E-state index is -0.0453. The summed E-state index contributed by atoms with van der Waals surface area (Å²) in [5.74, 6) is 0. The van der Waals surface area contributed by atoms with Gasteiger partial charge < -0.3 is 0 Å². The minimum absolute atomic E-state index is 0.0453.